The molecule has 2 aliphatic heterocycles. The van der Waals surface area contributed by atoms with E-state index in [1.54, 1.807) is 0 Å². The highest BCUT2D eigenvalue weighted by Gasteiger charge is 2.52. The van der Waals surface area contributed by atoms with Crippen molar-refractivity contribution in [3.63, 3.8) is 0 Å². The van der Waals surface area contributed by atoms with Crippen molar-refractivity contribution in [2.45, 2.75) is 111 Å². The van der Waals surface area contributed by atoms with Gasteiger partial charge in [-0.15, -0.1) is 0 Å². The van der Waals surface area contributed by atoms with Gasteiger partial charge in [-0.1, -0.05) is 0 Å². The van der Waals surface area contributed by atoms with Crippen LogP contribution in [0.15, 0.2) is 0 Å². The Labute approximate surface area is 247 Å². The first-order valence-electron chi connectivity index (χ1n) is 14.2. The zero-order valence-electron chi connectivity index (χ0n) is 23.5. The third kappa shape index (κ3) is 8.54. The van der Waals surface area contributed by atoms with Crippen molar-refractivity contribution in [3.05, 3.63) is 0 Å². The summed E-state index contributed by atoms with van der Waals surface area (Å²) in [6.07, 6.45) is -19.6. The molecule has 2 saturated heterocycles. The molecule has 43 heavy (non-hydrogen) atoms. The van der Waals surface area contributed by atoms with E-state index in [2.05, 4.69) is 10.6 Å². The van der Waals surface area contributed by atoms with Gasteiger partial charge >= 0.3 is 0 Å². The number of nitrogens with two attached hydrogens (primary N) is 3. The van der Waals surface area contributed by atoms with E-state index < -0.39 is 117 Å². The predicted molar refractivity (Wildman–Crippen MR) is 142 cm³/mol. The summed E-state index contributed by atoms with van der Waals surface area (Å²) in [4.78, 5) is 12.5. The van der Waals surface area contributed by atoms with Crippen LogP contribution in [0, 0.1) is 0 Å². The van der Waals surface area contributed by atoms with Crippen molar-refractivity contribution in [1.82, 2.24) is 10.6 Å². The molecule has 1 saturated carbocycles. The summed E-state index contributed by atoms with van der Waals surface area (Å²) in [5, 5.41) is 97.4. The largest absolute Gasteiger partial charge is 0.396 e. The molecule has 0 aromatic rings. The van der Waals surface area contributed by atoms with Gasteiger partial charge in [-0.2, -0.15) is 0 Å². The second-order valence-corrected chi connectivity index (χ2v) is 11.0. The number of carbonyl (C=O) groups is 1. The second kappa shape index (κ2) is 16.4. The van der Waals surface area contributed by atoms with Crippen molar-refractivity contribution >= 4 is 5.91 Å². The summed E-state index contributed by atoms with van der Waals surface area (Å²) in [5.74, 6) is -0.912. The monoisotopic (exact) mass is 629 g/mol. The lowest BCUT2D eigenvalue weighted by molar-refractivity contribution is -0.333. The Bertz CT molecular complexity index is 865. The highest BCUT2D eigenvalue weighted by molar-refractivity contribution is 5.81. The molecule has 17 N–H and O–H groups in total. The first-order valence-corrected chi connectivity index (χ1v) is 14.2. The number of aliphatic hydroxyl groups is 9. The molecule has 0 bridgehead atoms. The topological polar surface area (TPSA) is 338 Å². The molecule has 0 aromatic heterocycles. The van der Waals surface area contributed by atoms with Gasteiger partial charge in [0.15, 0.2) is 12.6 Å². The molecule has 0 aromatic carbocycles. The molecule has 1 aliphatic carbocycles. The Morgan fingerprint density at radius 3 is 2.12 bits per heavy atom. The number of amides is 1. The number of hydrogen-bond acceptors (Lipinski definition) is 18. The van der Waals surface area contributed by atoms with E-state index in [4.69, 9.17) is 41.3 Å². The van der Waals surface area contributed by atoms with Crippen LogP contribution < -0.4 is 27.8 Å². The summed E-state index contributed by atoms with van der Waals surface area (Å²) in [5.41, 5.74) is 17.5. The quantitative estimate of drug-likeness (QED) is 0.0840. The van der Waals surface area contributed by atoms with Crippen molar-refractivity contribution in [3.8, 4) is 0 Å². The number of carbonyl (C=O) groups excluding carboxylic acids is 1. The number of rotatable bonds is 13. The number of aliphatic hydroxyl groups excluding tert-OH is 9. The molecule has 3 rings (SSSR count). The number of hydrogen-bond donors (Lipinski definition) is 14. The van der Waals surface area contributed by atoms with Crippen LogP contribution >= 0.6 is 0 Å². The summed E-state index contributed by atoms with van der Waals surface area (Å²) >= 11 is 0. The lowest BCUT2D eigenvalue weighted by Gasteiger charge is -2.49. The van der Waals surface area contributed by atoms with Gasteiger partial charge in [0, 0.05) is 25.7 Å². The van der Waals surface area contributed by atoms with Crippen LogP contribution in [0.1, 0.15) is 12.8 Å². The smallest absolute Gasteiger partial charge is 0.250 e. The van der Waals surface area contributed by atoms with Gasteiger partial charge in [0.05, 0.1) is 18.7 Å². The van der Waals surface area contributed by atoms with Crippen LogP contribution in [0.2, 0.25) is 0 Å². The molecule has 252 valence electrons. The number of nitrogens with one attached hydrogen (secondary N) is 2. The van der Waals surface area contributed by atoms with E-state index in [1.165, 1.54) is 0 Å². The van der Waals surface area contributed by atoms with E-state index in [0.717, 1.165) is 0 Å². The van der Waals surface area contributed by atoms with Gasteiger partial charge in [-0.3, -0.25) is 4.79 Å². The Balaban J connectivity index is 1.81. The van der Waals surface area contributed by atoms with Crippen molar-refractivity contribution < 1.29 is 69.7 Å². The van der Waals surface area contributed by atoms with Gasteiger partial charge in [0.25, 0.3) is 0 Å². The highest BCUT2D eigenvalue weighted by atomic mass is 16.7. The minimum atomic E-state index is -1.77. The van der Waals surface area contributed by atoms with Crippen LogP contribution in [0.25, 0.3) is 0 Å². The highest BCUT2D eigenvalue weighted by Crippen LogP contribution is 2.32. The van der Waals surface area contributed by atoms with Crippen LogP contribution in [-0.2, 0) is 23.7 Å². The Hall–Kier alpha value is -1.21. The third-order valence-corrected chi connectivity index (χ3v) is 7.92. The van der Waals surface area contributed by atoms with Gasteiger partial charge in [-0.05, 0) is 19.4 Å². The molecule has 2 heterocycles. The molecule has 1 unspecified atom stereocenters. The molecule has 0 radical (unpaired) electrons. The fourth-order valence-electron chi connectivity index (χ4n) is 5.31. The van der Waals surface area contributed by atoms with Crippen LogP contribution in [0.4, 0.5) is 0 Å². The first-order chi connectivity index (χ1) is 20.4. The molecule has 19 heteroatoms. The summed E-state index contributed by atoms with van der Waals surface area (Å²) in [6, 6.07) is -3.51. The summed E-state index contributed by atoms with van der Waals surface area (Å²) < 4.78 is 22.8. The summed E-state index contributed by atoms with van der Waals surface area (Å²) in [6.45, 7) is -0.784. The first kappa shape index (κ1) is 36.3. The molecule has 3 aliphatic rings. The second-order valence-electron chi connectivity index (χ2n) is 11.0. The molecule has 3 fully saturated rings. The van der Waals surface area contributed by atoms with Gasteiger partial charge < -0.3 is 92.7 Å². The lowest BCUT2D eigenvalue weighted by Crippen LogP contribution is -2.69. The van der Waals surface area contributed by atoms with Gasteiger partial charge in [0.2, 0.25) is 5.91 Å². The van der Waals surface area contributed by atoms with E-state index in [9.17, 15) is 45.6 Å². The Morgan fingerprint density at radius 2 is 1.49 bits per heavy atom. The van der Waals surface area contributed by atoms with E-state index in [-0.39, 0.29) is 19.6 Å². The molecule has 1 amide bonds. The van der Waals surface area contributed by atoms with E-state index in [0.29, 0.717) is 13.0 Å². The SMILES string of the molecule is NC[C@H](O)C(=O)N[C@@H]1C[C@H](N)C(O[C@H]2O[C@H](CNCCCO)[C@@H](O)[C@H](O)[C@H]2O)[C@H](O)[C@H]1O[C@H]1O[C@H](CO)[C@@H](O)[C@H](N)[C@H]1O. The molecule has 19 nitrogen and oxygen atoms in total. The zero-order valence-corrected chi connectivity index (χ0v) is 23.5. The normalized spacial score (nSPS) is 44.6. The molecular weight excluding hydrogens is 582 g/mol. The molecule has 0 spiro atoms. The van der Waals surface area contributed by atoms with Crippen molar-refractivity contribution in [1.29, 1.82) is 0 Å². The fraction of sp³-hybridized carbons (Fsp3) is 0.958. The fourth-order valence-corrected chi connectivity index (χ4v) is 5.31. The predicted octanol–water partition coefficient (Wildman–Crippen LogP) is -8.80. The Kier molecular flexibility index (Phi) is 13.8. The van der Waals surface area contributed by atoms with Crippen LogP contribution in [-0.4, -0.2) is 183 Å². The van der Waals surface area contributed by atoms with Crippen molar-refractivity contribution in [2.75, 3.05) is 32.8 Å². The van der Waals surface area contributed by atoms with E-state index >= 15 is 0 Å². The zero-order chi connectivity index (χ0) is 32.0. The minimum Gasteiger partial charge on any atom is -0.396 e. The average molecular weight is 630 g/mol. The summed E-state index contributed by atoms with van der Waals surface area (Å²) in [7, 11) is 0. The standard InChI is InChI=1S/C24H47N5O14/c25-5-10(32)22(39)29-9-4-8(26)20(19(38)21(9)43-23-16(35)13(27)14(33)12(7-31)41-23)42-24-18(37)17(36)15(34)11(40-24)6-28-2-1-3-30/h8-21,23-24,28,30-38H,1-7,25-27H2,(H,29,39)/t8-,9+,10-,11+,12+,13-,14+,15+,16+,17-,18+,19-,20?,21-,23+,24+/m0/s1. The van der Waals surface area contributed by atoms with Gasteiger partial charge in [-0.25, -0.2) is 0 Å². The third-order valence-electron chi connectivity index (χ3n) is 7.92. The maximum atomic E-state index is 12.5. The lowest BCUT2D eigenvalue weighted by atomic mass is 9.83. The molecular formula is C24H47N5O14. The Morgan fingerprint density at radius 1 is 0.860 bits per heavy atom. The maximum absolute atomic E-state index is 12.5. The average Bonchev–Trinajstić information content (AvgIpc) is 2.99. The minimum absolute atomic E-state index is 0.0163. The maximum Gasteiger partial charge on any atom is 0.250 e. The van der Waals surface area contributed by atoms with Gasteiger partial charge in [0.1, 0.15) is 67.1 Å². The number of ether oxygens (including phenoxy) is 4. The van der Waals surface area contributed by atoms with Crippen LogP contribution in [0.3, 0.4) is 0 Å². The van der Waals surface area contributed by atoms with Crippen LogP contribution in [0.5, 0.6) is 0 Å². The van der Waals surface area contributed by atoms with E-state index in [1.807, 2.05) is 0 Å². The van der Waals surface area contributed by atoms with Crippen molar-refractivity contribution in [2.24, 2.45) is 17.2 Å². The molecule has 16 atom stereocenters.